The summed E-state index contributed by atoms with van der Waals surface area (Å²) in [7, 11) is 0. The fourth-order valence-electron chi connectivity index (χ4n) is 4.65. The molecule has 1 fully saturated rings. The van der Waals surface area contributed by atoms with Crippen molar-refractivity contribution in [3.63, 3.8) is 0 Å². The van der Waals surface area contributed by atoms with Crippen LogP contribution in [0.2, 0.25) is 0 Å². The highest BCUT2D eigenvalue weighted by molar-refractivity contribution is 7.11. The van der Waals surface area contributed by atoms with Crippen LogP contribution in [0.15, 0.2) is 23.1 Å². The summed E-state index contributed by atoms with van der Waals surface area (Å²) in [6, 6.07) is 6.74. The molecular weight excluding hydrogens is 354 g/mol. The zero-order valence-electron chi connectivity index (χ0n) is 15.3. The molecule has 2 aromatic rings. The van der Waals surface area contributed by atoms with Crippen LogP contribution in [0.4, 0.5) is 5.69 Å². The van der Waals surface area contributed by atoms with Gasteiger partial charge in [-0.1, -0.05) is 6.42 Å². The van der Waals surface area contributed by atoms with Gasteiger partial charge in [0.15, 0.2) is 0 Å². The van der Waals surface area contributed by atoms with Crippen molar-refractivity contribution in [1.29, 1.82) is 5.26 Å². The Balaban J connectivity index is 1.54. The van der Waals surface area contributed by atoms with E-state index >= 15 is 0 Å². The molecule has 0 atom stereocenters. The smallest absolute Gasteiger partial charge is 0.231 e. The maximum atomic E-state index is 12.3. The molecule has 3 aliphatic rings. The van der Waals surface area contributed by atoms with Crippen LogP contribution < -0.4 is 4.90 Å². The van der Waals surface area contributed by atoms with Crippen molar-refractivity contribution < 1.29 is 4.79 Å². The van der Waals surface area contributed by atoms with Crippen LogP contribution in [0.3, 0.4) is 0 Å². The molecule has 5 rings (SSSR count). The third-order valence-corrected chi connectivity index (χ3v) is 6.80. The largest absolute Gasteiger partial charge is 0.312 e. The first-order valence-corrected chi connectivity index (χ1v) is 10.7. The van der Waals surface area contributed by atoms with Gasteiger partial charge in [0, 0.05) is 17.5 Å². The Kier molecular flexibility index (Phi) is 4.09. The number of aromatic nitrogens is 1. The minimum atomic E-state index is 0.218. The number of nitrogens with zero attached hydrogens (tertiary/aromatic N) is 3. The number of carbonyl (C=O) groups is 1. The molecule has 1 aromatic carbocycles. The van der Waals surface area contributed by atoms with Gasteiger partial charge in [0.2, 0.25) is 5.91 Å². The van der Waals surface area contributed by atoms with Crippen molar-refractivity contribution >= 4 is 28.5 Å². The van der Waals surface area contributed by atoms with Crippen LogP contribution in [0.1, 0.15) is 54.7 Å². The summed E-state index contributed by atoms with van der Waals surface area (Å²) in [5.74, 6) is 0.218. The lowest BCUT2D eigenvalue weighted by Crippen LogP contribution is -2.31. The van der Waals surface area contributed by atoms with Crippen LogP contribution in [-0.4, -0.2) is 17.4 Å². The second-order valence-electron chi connectivity index (χ2n) is 7.66. The molecule has 0 N–H and O–H groups in total. The van der Waals surface area contributed by atoms with Crippen molar-refractivity contribution in [3.8, 4) is 17.3 Å². The van der Waals surface area contributed by atoms with E-state index in [1.807, 2.05) is 4.90 Å². The van der Waals surface area contributed by atoms with E-state index in [0.717, 1.165) is 65.3 Å². The number of nitriles is 1. The van der Waals surface area contributed by atoms with Gasteiger partial charge in [-0.2, -0.15) is 5.26 Å². The van der Waals surface area contributed by atoms with Gasteiger partial charge in [-0.15, -0.1) is 11.3 Å². The number of benzene rings is 1. The van der Waals surface area contributed by atoms with E-state index in [-0.39, 0.29) is 5.91 Å². The van der Waals surface area contributed by atoms with Gasteiger partial charge in [0.25, 0.3) is 0 Å². The average molecular weight is 375 g/mol. The topological polar surface area (TPSA) is 57.0 Å². The van der Waals surface area contributed by atoms with Crippen LogP contribution in [0.25, 0.3) is 16.8 Å². The number of hydrogen-bond donors (Lipinski definition) is 0. The molecule has 1 amide bonds. The fourth-order valence-corrected chi connectivity index (χ4v) is 5.53. The molecule has 5 heteroatoms. The summed E-state index contributed by atoms with van der Waals surface area (Å²) in [6.07, 6.45) is 8.21. The highest BCUT2D eigenvalue weighted by Crippen LogP contribution is 2.40. The highest BCUT2D eigenvalue weighted by atomic mass is 32.1. The zero-order chi connectivity index (χ0) is 18.4. The lowest BCUT2D eigenvalue weighted by molar-refractivity contribution is -0.117. The minimum Gasteiger partial charge on any atom is -0.312 e. The molecule has 136 valence electrons. The Morgan fingerprint density at radius 1 is 1.11 bits per heavy atom. The van der Waals surface area contributed by atoms with E-state index in [4.69, 9.17) is 4.98 Å². The molecule has 0 bridgehead atoms. The monoisotopic (exact) mass is 375 g/mol. The van der Waals surface area contributed by atoms with Crippen LogP contribution in [0, 0.1) is 11.3 Å². The van der Waals surface area contributed by atoms with Gasteiger partial charge in [0.1, 0.15) is 11.1 Å². The van der Waals surface area contributed by atoms with Gasteiger partial charge >= 0.3 is 0 Å². The number of thiazole rings is 1. The highest BCUT2D eigenvalue weighted by Gasteiger charge is 2.32. The summed E-state index contributed by atoms with van der Waals surface area (Å²) in [5.41, 5.74) is 7.61. The van der Waals surface area contributed by atoms with Gasteiger partial charge < -0.3 is 4.90 Å². The van der Waals surface area contributed by atoms with Crippen molar-refractivity contribution in [2.45, 2.75) is 51.4 Å². The fraction of sp³-hybridized carbons (Fsp3) is 0.409. The van der Waals surface area contributed by atoms with Crippen molar-refractivity contribution in [1.82, 2.24) is 4.98 Å². The maximum absolute atomic E-state index is 12.3. The predicted octanol–water partition coefficient (Wildman–Crippen LogP) is 4.89. The number of allylic oxidation sites excluding steroid dienone is 2. The quantitative estimate of drug-likeness (QED) is 0.703. The Morgan fingerprint density at radius 3 is 2.74 bits per heavy atom. The second-order valence-corrected chi connectivity index (χ2v) is 8.52. The van der Waals surface area contributed by atoms with E-state index in [0.29, 0.717) is 6.42 Å². The molecule has 0 spiro atoms. The number of amides is 1. The van der Waals surface area contributed by atoms with Gasteiger partial charge in [-0.25, -0.2) is 4.98 Å². The summed E-state index contributed by atoms with van der Waals surface area (Å²) in [6.45, 7) is 0.845. The SMILES string of the molecule is N#CC(=C1CCCCC1)c1nc(-c2cc3c4c(c2)CC(=O)N4CCC3)cs1. The summed E-state index contributed by atoms with van der Waals surface area (Å²) in [5, 5.41) is 12.6. The lowest BCUT2D eigenvalue weighted by Gasteiger charge is -2.25. The Morgan fingerprint density at radius 2 is 1.93 bits per heavy atom. The molecule has 0 unspecified atom stereocenters. The van der Waals surface area contributed by atoms with Gasteiger partial charge in [0.05, 0.1) is 23.4 Å². The molecule has 2 aliphatic heterocycles. The van der Waals surface area contributed by atoms with Crippen molar-refractivity contribution in [2.75, 3.05) is 11.4 Å². The number of aryl methyl sites for hydroxylation is 1. The van der Waals surface area contributed by atoms with Crippen LogP contribution >= 0.6 is 11.3 Å². The normalized spacial score (nSPS) is 18.4. The molecule has 0 saturated heterocycles. The van der Waals surface area contributed by atoms with Crippen LogP contribution in [0.5, 0.6) is 0 Å². The Bertz CT molecular complexity index is 1000. The molecule has 0 radical (unpaired) electrons. The molecule has 1 aromatic heterocycles. The Hall–Kier alpha value is -2.45. The molecule has 1 saturated carbocycles. The number of rotatable bonds is 2. The number of anilines is 1. The summed E-state index contributed by atoms with van der Waals surface area (Å²) >= 11 is 1.56. The van der Waals surface area contributed by atoms with Crippen molar-refractivity contribution in [3.05, 3.63) is 39.2 Å². The molecular formula is C22H21N3OS. The van der Waals surface area contributed by atoms with E-state index < -0.39 is 0 Å². The number of carbonyl (C=O) groups excluding carboxylic acids is 1. The Labute approximate surface area is 163 Å². The second kappa shape index (κ2) is 6.61. The van der Waals surface area contributed by atoms with Crippen molar-refractivity contribution in [2.24, 2.45) is 0 Å². The summed E-state index contributed by atoms with van der Waals surface area (Å²) in [4.78, 5) is 19.0. The first-order chi connectivity index (χ1) is 13.2. The zero-order valence-corrected chi connectivity index (χ0v) is 16.1. The third-order valence-electron chi connectivity index (χ3n) is 5.94. The molecule has 3 heterocycles. The number of hydrogen-bond acceptors (Lipinski definition) is 4. The predicted molar refractivity (Wildman–Crippen MR) is 108 cm³/mol. The maximum Gasteiger partial charge on any atom is 0.231 e. The first kappa shape index (κ1) is 16.7. The molecule has 4 nitrogen and oxygen atoms in total. The average Bonchev–Trinajstić information content (AvgIpc) is 3.30. The standard InChI is InChI=1S/C22H21N3OS/c23-12-18(14-5-2-1-3-6-14)22-24-19(13-27-22)16-9-15-7-4-8-25-20(26)11-17(10-16)21(15)25/h9-10,13H,1-8,11H2. The third kappa shape index (κ3) is 2.80. The van der Waals surface area contributed by atoms with E-state index in [1.54, 1.807) is 11.3 Å². The van der Waals surface area contributed by atoms with E-state index in [9.17, 15) is 10.1 Å². The van der Waals surface area contributed by atoms with Gasteiger partial charge in [-0.3, -0.25) is 4.79 Å². The summed E-state index contributed by atoms with van der Waals surface area (Å²) < 4.78 is 0. The molecule has 1 aliphatic carbocycles. The first-order valence-electron chi connectivity index (χ1n) is 9.79. The minimum absolute atomic E-state index is 0.218. The van der Waals surface area contributed by atoms with E-state index in [2.05, 4.69) is 23.6 Å². The molecule has 27 heavy (non-hydrogen) atoms. The lowest BCUT2D eigenvalue weighted by atomic mass is 9.91. The van der Waals surface area contributed by atoms with Crippen LogP contribution in [-0.2, 0) is 17.6 Å². The van der Waals surface area contributed by atoms with E-state index in [1.165, 1.54) is 30.4 Å². The van der Waals surface area contributed by atoms with Gasteiger partial charge in [-0.05, 0) is 67.4 Å².